The van der Waals surface area contributed by atoms with Gasteiger partial charge in [-0.1, -0.05) is 58.4 Å². The average Bonchev–Trinajstić information content (AvgIpc) is 3.49. The number of rotatable bonds is 18. The molecule has 0 aliphatic carbocycles. The van der Waals surface area contributed by atoms with Crippen molar-refractivity contribution in [1.29, 1.82) is 0 Å². The summed E-state index contributed by atoms with van der Waals surface area (Å²) >= 11 is 0. The van der Waals surface area contributed by atoms with Gasteiger partial charge < -0.3 is 38.1 Å². The zero-order chi connectivity index (χ0) is 37.8. The normalized spacial score (nSPS) is 11.1. The molecule has 280 valence electrons. The van der Waals surface area contributed by atoms with Crippen LogP contribution in [-0.4, -0.2) is 93.2 Å². The van der Waals surface area contributed by atoms with Crippen LogP contribution in [0.1, 0.15) is 81.0 Å². The fraction of sp³-hybridized carbons (Fsp3) is 0.488. The molecule has 0 saturated carbocycles. The molecule has 1 heterocycles. The van der Waals surface area contributed by atoms with Gasteiger partial charge in [0.05, 0.1) is 46.0 Å². The van der Waals surface area contributed by atoms with Crippen molar-refractivity contribution < 1.29 is 28.5 Å². The maximum Gasteiger partial charge on any atom is 0.253 e. The van der Waals surface area contributed by atoms with Crippen LogP contribution in [-0.2, 0) is 11.3 Å². The number of unbranched alkanes of at least 4 members (excludes halogenated alkanes) is 1. The molecule has 0 aliphatic heterocycles. The van der Waals surface area contributed by atoms with Gasteiger partial charge in [0.15, 0.2) is 11.5 Å². The highest BCUT2D eigenvalue weighted by molar-refractivity contribution is 5.95. The molecule has 1 aromatic heterocycles. The Morgan fingerprint density at radius 2 is 1.51 bits per heavy atom. The molecule has 1 amide bonds. The van der Waals surface area contributed by atoms with Gasteiger partial charge in [-0.2, -0.15) is 0 Å². The third-order valence-electron chi connectivity index (χ3n) is 8.60. The lowest BCUT2D eigenvalue weighted by atomic mass is 9.94. The maximum atomic E-state index is 13.5. The molecule has 51 heavy (non-hydrogen) atoms. The van der Waals surface area contributed by atoms with Crippen LogP contribution >= 0.6 is 0 Å². The lowest BCUT2D eigenvalue weighted by Gasteiger charge is -2.28. The Kier molecular flexibility index (Phi) is 19.2. The molecular weight excluding hydrogens is 644 g/mol. The van der Waals surface area contributed by atoms with E-state index < -0.39 is 0 Å². The summed E-state index contributed by atoms with van der Waals surface area (Å²) in [4.78, 5) is 32.6. The third-order valence-corrected chi connectivity index (χ3v) is 8.60. The maximum absolute atomic E-state index is 13.5. The highest BCUT2D eigenvalue weighted by atomic mass is 16.5. The van der Waals surface area contributed by atoms with Gasteiger partial charge in [-0.15, -0.1) is 0 Å². The van der Waals surface area contributed by atoms with E-state index >= 15 is 0 Å². The van der Waals surface area contributed by atoms with Crippen LogP contribution in [0.5, 0.6) is 23.0 Å². The molecular formula is C41H60N4O6. The number of aromatic nitrogens is 2. The number of aryl methyl sites for hydroxylation is 1. The predicted octanol–water partition coefficient (Wildman–Crippen LogP) is 8.05. The van der Waals surface area contributed by atoms with Gasteiger partial charge in [0.25, 0.3) is 5.91 Å². The number of para-hydroxylation sites is 2. The highest BCUT2D eigenvalue weighted by Gasteiger charge is 2.23. The predicted molar refractivity (Wildman–Crippen MR) is 207 cm³/mol. The van der Waals surface area contributed by atoms with Crippen LogP contribution in [0.15, 0.2) is 60.7 Å². The number of nitrogens with zero attached hydrogens (tertiary/aromatic N) is 4. The fourth-order valence-corrected chi connectivity index (χ4v) is 5.95. The van der Waals surface area contributed by atoms with Crippen molar-refractivity contribution in [3.05, 3.63) is 77.6 Å². The molecule has 0 aliphatic rings. The van der Waals surface area contributed by atoms with E-state index in [0.29, 0.717) is 35.9 Å². The summed E-state index contributed by atoms with van der Waals surface area (Å²) in [5.41, 5.74) is 3.66. The molecule has 0 N–H and O–H groups in total. The Bertz CT molecular complexity index is 1580. The number of benzene rings is 3. The molecule has 0 bridgehead atoms. The van der Waals surface area contributed by atoms with Gasteiger partial charge in [0, 0.05) is 25.1 Å². The van der Waals surface area contributed by atoms with Gasteiger partial charge in [-0.05, 0) is 87.8 Å². The number of hydrogen-bond donors (Lipinski definition) is 0. The van der Waals surface area contributed by atoms with Crippen molar-refractivity contribution in [2.45, 2.75) is 72.8 Å². The topological polar surface area (TPSA) is 95.4 Å². The van der Waals surface area contributed by atoms with E-state index in [1.807, 2.05) is 68.8 Å². The first-order chi connectivity index (χ1) is 24.7. The Labute approximate surface area is 305 Å². The lowest BCUT2D eigenvalue weighted by molar-refractivity contribution is -0.108. The quantitative estimate of drug-likeness (QED) is 0.0961. The molecule has 4 rings (SSSR count). The molecule has 1 atom stereocenters. The van der Waals surface area contributed by atoms with E-state index in [9.17, 15) is 9.59 Å². The van der Waals surface area contributed by atoms with Crippen LogP contribution in [0.3, 0.4) is 0 Å². The number of aldehydes is 1. The number of carbonyl (C=O) groups excluding carboxylic acids is 2. The first-order valence-electron chi connectivity index (χ1n) is 18.0. The number of ether oxygens (including phenoxy) is 4. The summed E-state index contributed by atoms with van der Waals surface area (Å²) in [6.45, 7) is 14.5. The summed E-state index contributed by atoms with van der Waals surface area (Å²) in [5, 5.41) is 0. The minimum absolute atomic E-state index is 0.0934. The van der Waals surface area contributed by atoms with E-state index in [-0.39, 0.29) is 11.8 Å². The van der Waals surface area contributed by atoms with Crippen LogP contribution in [0.2, 0.25) is 0 Å². The summed E-state index contributed by atoms with van der Waals surface area (Å²) < 4.78 is 23.6. The first kappa shape index (κ1) is 42.6. The van der Waals surface area contributed by atoms with E-state index in [1.54, 1.807) is 45.5 Å². The zero-order valence-corrected chi connectivity index (χ0v) is 32.5. The van der Waals surface area contributed by atoms with Gasteiger partial charge in [-0.3, -0.25) is 4.79 Å². The van der Waals surface area contributed by atoms with Crippen molar-refractivity contribution in [2.24, 2.45) is 0 Å². The molecule has 0 radical (unpaired) electrons. The van der Waals surface area contributed by atoms with Crippen molar-refractivity contribution in [3.8, 4) is 23.0 Å². The number of likely N-dealkylation sites (N-methyl/N-ethyl adjacent to an activating group) is 1. The number of amides is 1. The molecule has 1 unspecified atom stereocenters. The highest BCUT2D eigenvalue weighted by Crippen LogP contribution is 2.38. The Morgan fingerprint density at radius 1 is 0.863 bits per heavy atom. The molecule has 10 heteroatoms. The lowest BCUT2D eigenvalue weighted by Crippen LogP contribution is -2.33. The van der Waals surface area contributed by atoms with Crippen molar-refractivity contribution in [2.75, 3.05) is 61.7 Å². The largest absolute Gasteiger partial charge is 0.497 e. The van der Waals surface area contributed by atoms with Crippen LogP contribution in [0, 0.1) is 6.92 Å². The smallest absolute Gasteiger partial charge is 0.253 e. The van der Waals surface area contributed by atoms with Crippen LogP contribution in [0.4, 0.5) is 0 Å². The summed E-state index contributed by atoms with van der Waals surface area (Å²) in [7, 11) is 8.18. The molecule has 0 saturated heterocycles. The zero-order valence-electron chi connectivity index (χ0n) is 32.5. The first-order valence-corrected chi connectivity index (χ1v) is 18.0. The minimum Gasteiger partial charge on any atom is -0.497 e. The second-order valence-corrected chi connectivity index (χ2v) is 12.0. The van der Waals surface area contributed by atoms with Crippen LogP contribution in [0.25, 0.3) is 11.0 Å². The monoisotopic (exact) mass is 704 g/mol. The van der Waals surface area contributed by atoms with E-state index in [1.165, 1.54) is 18.4 Å². The minimum atomic E-state index is -0.0934. The number of hydrogen-bond acceptors (Lipinski definition) is 8. The number of fused-ring (bicyclic) bond motifs is 1. The second kappa shape index (κ2) is 23.0. The van der Waals surface area contributed by atoms with Gasteiger partial charge >= 0.3 is 0 Å². The SMILES string of the molecule is CC.CCCCN(CCC)CCC(CN(C)C(=O)c1cc(OC)c(OC)c(OC)c1)c1ccc(OC)cc1.Cc1nc2ccccc2n1CC=O. The Hall–Kier alpha value is -4.57. The average molecular weight is 705 g/mol. The fourth-order valence-electron chi connectivity index (χ4n) is 5.95. The molecule has 3 aromatic carbocycles. The number of methoxy groups -OCH3 is 4. The molecule has 0 spiro atoms. The van der Waals surface area contributed by atoms with Gasteiger partial charge in [0.1, 0.15) is 17.9 Å². The van der Waals surface area contributed by atoms with Gasteiger partial charge in [-0.25, -0.2) is 4.98 Å². The molecule has 0 fully saturated rings. The van der Waals surface area contributed by atoms with Gasteiger partial charge in [0.2, 0.25) is 5.75 Å². The Balaban J connectivity index is 0.000000495. The summed E-state index contributed by atoms with van der Waals surface area (Å²) in [5.74, 6) is 3.21. The van der Waals surface area contributed by atoms with E-state index in [0.717, 1.165) is 61.4 Å². The van der Waals surface area contributed by atoms with Crippen LogP contribution < -0.4 is 18.9 Å². The third kappa shape index (κ3) is 12.3. The number of imidazole rings is 1. The van der Waals surface area contributed by atoms with E-state index in [2.05, 4.69) is 35.9 Å². The van der Waals surface area contributed by atoms with E-state index in [4.69, 9.17) is 18.9 Å². The molecule has 4 aromatic rings. The molecule has 10 nitrogen and oxygen atoms in total. The van der Waals surface area contributed by atoms with Crippen molar-refractivity contribution in [3.63, 3.8) is 0 Å². The number of carbonyl (C=O) groups is 2. The van der Waals surface area contributed by atoms with Crippen molar-refractivity contribution in [1.82, 2.24) is 19.4 Å². The standard InChI is InChI=1S/C29H44N2O5.C10H10N2O.C2H6/c1-8-10-17-31(16-9-2)18-15-23(22-11-13-25(33-4)14-12-22)21-30(3)29(32)24-19-26(34-5)28(36-7)27(20-24)35-6;1-8-11-9-4-2-3-5-10(9)12(8)6-7-13;1-2/h11-14,19-20,23H,8-10,15-18,21H2,1-7H3;2-5,7H,6H2,1H3;1-2H3. The summed E-state index contributed by atoms with van der Waals surface area (Å²) in [6, 6.07) is 19.4. The van der Waals surface area contributed by atoms with Crippen molar-refractivity contribution >= 4 is 23.2 Å². The second-order valence-electron chi connectivity index (χ2n) is 12.0. The Morgan fingerprint density at radius 3 is 2.06 bits per heavy atom. The summed E-state index contributed by atoms with van der Waals surface area (Å²) in [6.07, 6.45) is 5.38.